The van der Waals surface area contributed by atoms with E-state index in [1.165, 1.54) is 6.33 Å². The second-order valence-electron chi connectivity index (χ2n) is 3.90. The van der Waals surface area contributed by atoms with Crippen LogP contribution in [0.5, 0.6) is 11.6 Å². The van der Waals surface area contributed by atoms with Crippen molar-refractivity contribution in [2.45, 2.75) is 6.92 Å². The summed E-state index contributed by atoms with van der Waals surface area (Å²) in [5.41, 5.74) is 7.35. The molecule has 0 saturated heterocycles. The molecular weight excluding hydrogens is 230 g/mol. The van der Waals surface area contributed by atoms with Crippen LogP contribution in [0.2, 0.25) is 0 Å². The molecule has 6 nitrogen and oxygen atoms in total. The molecule has 0 radical (unpaired) electrons. The fourth-order valence-electron chi connectivity index (χ4n) is 1.66. The van der Waals surface area contributed by atoms with Crippen LogP contribution < -0.4 is 10.5 Å². The van der Waals surface area contributed by atoms with Gasteiger partial charge in [-0.15, -0.1) is 0 Å². The third-order valence-electron chi connectivity index (χ3n) is 2.54. The Hall–Kier alpha value is -2.63. The van der Waals surface area contributed by atoms with E-state index < -0.39 is 0 Å². The molecule has 3 aromatic rings. The molecule has 0 aliphatic heterocycles. The Labute approximate surface area is 103 Å². The lowest BCUT2D eigenvalue weighted by Crippen LogP contribution is -1.95. The lowest BCUT2D eigenvalue weighted by atomic mass is 10.2. The van der Waals surface area contributed by atoms with Gasteiger partial charge in [0, 0.05) is 18.0 Å². The van der Waals surface area contributed by atoms with Crippen LogP contribution in [0.15, 0.2) is 36.8 Å². The summed E-state index contributed by atoms with van der Waals surface area (Å²) < 4.78 is 7.27. The highest BCUT2D eigenvalue weighted by atomic mass is 16.5. The number of hydrogen-bond acceptors (Lipinski definition) is 5. The Kier molecular flexibility index (Phi) is 2.33. The second kappa shape index (κ2) is 3.99. The highest BCUT2D eigenvalue weighted by Crippen LogP contribution is 2.25. The van der Waals surface area contributed by atoms with Crippen LogP contribution in [0.1, 0.15) is 5.56 Å². The average Bonchev–Trinajstić information content (AvgIpc) is 2.80. The van der Waals surface area contributed by atoms with Gasteiger partial charge in [-0.3, -0.25) is 0 Å². The number of nitrogen functional groups attached to an aromatic ring is 1. The Morgan fingerprint density at radius 2 is 2.17 bits per heavy atom. The zero-order chi connectivity index (χ0) is 12.5. The molecule has 2 N–H and O–H groups in total. The van der Waals surface area contributed by atoms with Crippen LogP contribution in [0.3, 0.4) is 0 Å². The quantitative estimate of drug-likeness (QED) is 0.692. The molecule has 0 atom stereocenters. The van der Waals surface area contributed by atoms with Crippen LogP contribution in [0, 0.1) is 6.92 Å². The van der Waals surface area contributed by atoms with Crippen molar-refractivity contribution in [2.24, 2.45) is 0 Å². The first-order valence-corrected chi connectivity index (χ1v) is 5.43. The van der Waals surface area contributed by atoms with E-state index in [0.717, 1.165) is 11.3 Å². The first-order valence-electron chi connectivity index (χ1n) is 5.43. The Morgan fingerprint density at radius 3 is 3.00 bits per heavy atom. The highest BCUT2D eigenvalue weighted by Gasteiger charge is 2.05. The Morgan fingerprint density at radius 1 is 1.28 bits per heavy atom. The molecule has 90 valence electrons. The van der Waals surface area contributed by atoms with Crippen molar-refractivity contribution in [3.8, 4) is 11.6 Å². The van der Waals surface area contributed by atoms with E-state index in [-0.39, 0.29) is 0 Å². The summed E-state index contributed by atoms with van der Waals surface area (Å²) in [4.78, 5) is 8.23. The molecule has 18 heavy (non-hydrogen) atoms. The maximum atomic E-state index is 5.69. The fraction of sp³-hybridized carbons (Fsp3) is 0.0833. The molecule has 0 saturated carbocycles. The molecule has 1 aromatic carbocycles. The van der Waals surface area contributed by atoms with Gasteiger partial charge in [0.1, 0.15) is 12.1 Å². The molecule has 0 bridgehead atoms. The van der Waals surface area contributed by atoms with E-state index in [0.29, 0.717) is 17.3 Å². The Balaban J connectivity index is 1.95. The third-order valence-corrected chi connectivity index (χ3v) is 2.54. The van der Waals surface area contributed by atoms with E-state index in [1.54, 1.807) is 22.8 Å². The summed E-state index contributed by atoms with van der Waals surface area (Å²) >= 11 is 0. The zero-order valence-electron chi connectivity index (χ0n) is 9.74. The first kappa shape index (κ1) is 10.5. The lowest BCUT2D eigenvalue weighted by molar-refractivity contribution is 0.459. The number of benzene rings is 1. The first-order chi connectivity index (χ1) is 8.72. The topological polar surface area (TPSA) is 78.3 Å². The number of fused-ring (bicyclic) bond motifs is 1. The number of nitrogens with two attached hydrogens (primary N) is 1. The summed E-state index contributed by atoms with van der Waals surface area (Å²) in [7, 11) is 0. The standard InChI is InChI=1S/C12H11N5O/c1-8-6-9(13)2-3-10(8)18-11-4-5-17-12(16-11)14-7-15-17/h2-7H,13H2,1H3. The van der Waals surface area contributed by atoms with Crippen molar-refractivity contribution in [3.05, 3.63) is 42.4 Å². The largest absolute Gasteiger partial charge is 0.439 e. The predicted molar refractivity (Wildman–Crippen MR) is 66.4 cm³/mol. The van der Waals surface area contributed by atoms with Crippen molar-refractivity contribution in [3.63, 3.8) is 0 Å². The van der Waals surface area contributed by atoms with E-state index in [9.17, 15) is 0 Å². The number of hydrogen-bond donors (Lipinski definition) is 1. The molecule has 3 rings (SSSR count). The van der Waals surface area contributed by atoms with Crippen LogP contribution in [-0.4, -0.2) is 19.6 Å². The summed E-state index contributed by atoms with van der Waals surface area (Å²) in [6, 6.07) is 7.20. The minimum absolute atomic E-state index is 0.475. The van der Waals surface area contributed by atoms with Gasteiger partial charge in [0.25, 0.3) is 5.78 Å². The number of anilines is 1. The van der Waals surface area contributed by atoms with Crippen molar-refractivity contribution < 1.29 is 4.74 Å². The summed E-state index contributed by atoms with van der Waals surface area (Å²) in [6.07, 6.45) is 3.19. The van der Waals surface area contributed by atoms with Crippen molar-refractivity contribution >= 4 is 11.5 Å². The minimum Gasteiger partial charge on any atom is -0.439 e. The molecule has 0 fully saturated rings. The normalized spacial score (nSPS) is 10.7. The fourth-order valence-corrected chi connectivity index (χ4v) is 1.66. The summed E-state index contributed by atoms with van der Waals surface area (Å²) in [6.45, 7) is 1.93. The van der Waals surface area contributed by atoms with E-state index >= 15 is 0 Å². The minimum atomic E-state index is 0.475. The molecular formula is C12H11N5O. The maximum Gasteiger partial charge on any atom is 0.255 e. The maximum absolute atomic E-state index is 5.69. The van der Waals surface area contributed by atoms with E-state index in [2.05, 4.69) is 15.1 Å². The molecule has 2 aromatic heterocycles. The van der Waals surface area contributed by atoms with E-state index in [4.69, 9.17) is 10.5 Å². The monoisotopic (exact) mass is 241 g/mol. The molecule has 0 amide bonds. The van der Waals surface area contributed by atoms with Crippen LogP contribution in [0.25, 0.3) is 5.78 Å². The molecule has 6 heteroatoms. The highest BCUT2D eigenvalue weighted by molar-refractivity contribution is 5.48. The number of nitrogens with zero attached hydrogens (tertiary/aromatic N) is 4. The second-order valence-corrected chi connectivity index (χ2v) is 3.90. The number of rotatable bonds is 2. The van der Waals surface area contributed by atoms with Gasteiger partial charge in [-0.1, -0.05) is 0 Å². The Bertz CT molecular complexity index is 707. The number of aromatic nitrogens is 4. The van der Waals surface area contributed by atoms with Gasteiger partial charge in [-0.25, -0.2) is 4.52 Å². The van der Waals surface area contributed by atoms with Gasteiger partial charge < -0.3 is 10.5 Å². The third kappa shape index (κ3) is 1.84. The van der Waals surface area contributed by atoms with Crippen LogP contribution in [-0.2, 0) is 0 Å². The van der Waals surface area contributed by atoms with Crippen molar-refractivity contribution in [1.29, 1.82) is 0 Å². The average molecular weight is 241 g/mol. The van der Waals surface area contributed by atoms with Gasteiger partial charge >= 0.3 is 0 Å². The SMILES string of the molecule is Cc1cc(N)ccc1Oc1ccn2ncnc2n1. The smallest absolute Gasteiger partial charge is 0.255 e. The molecule has 0 unspecified atom stereocenters. The van der Waals surface area contributed by atoms with Gasteiger partial charge in [0.2, 0.25) is 5.88 Å². The van der Waals surface area contributed by atoms with Gasteiger partial charge in [-0.05, 0) is 30.7 Å². The van der Waals surface area contributed by atoms with Crippen LogP contribution in [0.4, 0.5) is 5.69 Å². The summed E-state index contributed by atoms with van der Waals surface area (Å²) in [5.74, 6) is 1.70. The number of aryl methyl sites for hydroxylation is 1. The zero-order valence-corrected chi connectivity index (χ0v) is 9.74. The molecule has 0 spiro atoms. The number of ether oxygens (including phenoxy) is 1. The van der Waals surface area contributed by atoms with Gasteiger partial charge in [-0.2, -0.15) is 15.1 Å². The van der Waals surface area contributed by atoms with Crippen molar-refractivity contribution in [2.75, 3.05) is 5.73 Å². The lowest BCUT2D eigenvalue weighted by Gasteiger charge is -2.08. The van der Waals surface area contributed by atoms with E-state index in [1.807, 2.05) is 19.1 Å². The van der Waals surface area contributed by atoms with Gasteiger partial charge in [0.05, 0.1) is 0 Å². The van der Waals surface area contributed by atoms with Crippen LogP contribution >= 0.6 is 0 Å². The summed E-state index contributed by atoms with van der Waals surface area (Å²) in [5, 5.41) is 3.97. The van der Waals surface area contributed by atoms with Crippen molar-refractivity contribution in [1.82, 2.24) is 19.6 Å². The van der Waals surface area contributed by atoms with Gasteiger partial charge in [0.15, 0.2) is 0 Å². The molecule has 2 heterocycles. The molecule has 0 aliphatic rings. The predicted octanol–water partition coefficient (Wildman–Crippen LogP) is 1.81. The molecule has 0 aliphatic carbocycles.